The van der Waals surface area contributed by atoms with Gasteiger partial charge in [0.05, 0.1) is 18.0 Å². The molecule has 1 aliphatic rings. The molecule has 0 amide bonds. The molecule has 3 heterocycles. The van der Waals surface area contributed by atoms with E-state index in [1.54, 1.807) is 18.3 Å². The lowest BCUT2D eigenvalue weighted by atomic mass is 9.97. The summed E-state index contributed by atoms with van der Waals surface area (Å²) >= 11 is 0. The molecule has 4 rings (SSSR count). The van der Waals surface area contributed by atoms with E-state index in [1.807, 2.05) is 38.2 Å². The fourth-order valence-corrected chi connectivity index (χ4v) is 3.79. The maximum absolute atomic E-state index is 12.5. The third-order valence-corrected chi connectivity index (χ3v) is 5.14. The van der Waals surface area contributed by atoms with Gasteiger partial charge >= 0.3 is 5.97 Å². The second kappa shape index (κ2) is 8.47. The molecule has 6 nitrogen and oxygen atoms in total. The molecule has 1 N–H and O–H groups in total. The van der Waals surface area contributed by atoms with Gasteiger partial charge < -0.3 is 14.6 Å². The van der Waals surface area contributed by atoms with Crippen molar-refractivity contribution < 1.29 is 9.53 Å². The van der Waals surface area contributed by atoms with Crippen molar-refractivity contribution in [2.75, 3.05) is 18.0 Å². The monoisotopic (exact) mass is 390 g/mol. The van der Waals surface area contributed by atoms with Crippen LogP contribution in [0.5, 0.6) is 0 Å². The maximum atomic E-state index is 12.5. The molecule has 3 aromatic rings. The number of aromatic nitrogens is 3. The average molecular weight is 390 g/mol. The van der Waals surface area contributed by atoms with Crippen LogP contribution < -0.4 is 4.90 Å². The number of carbonyl (C=O) groups excluding carboxylic acids is 1. The van der Waals surface area contributed by atoms with Gasteiger partial charge in [0.25, 0.3) is 0 Å². The second-order valence-electron chi connectivity index (χ2n) is 7.66. The maximum Gasteiger partial charge on any atom is 0.342 e. The Bertz CT molecular complexity index is 968. The number of esters is 1. The predicted octanol–water partition coefficient (Wildman–Crippen LogP) is 4.42. The van der Waals surface area contributed by atoms with E-state index < -0.39 is 0 Å². The standard InChI is InChI=1S/C23H26N4O2/c1-16(2)29-23(28)19-11-6-12-24-22(19)27-13-7-10-18(15-27)21-25-14-20(26-21)17-8-4-3-5-9-17/h3-6,8-9,11-12,14,16,18H,7,10,13,15H2,1-2H3,(H,25,26). The summed E-state index contributed by atoms with van der Waals surface area (Å²) in [5.41, 5.74) is 2.67. The summed E-state index contributed by atoms with van der Waals surface area (Å²) in [7, 11) is 0. The van der Waals surface area contributed by atoms with E-state index in [4.69, 9.17) is 4.74 Å². The second-order valence-corrected chi connectivity index (χ2v) is 7.66. The molecule has 0 radical (unpaired) electrons. The van der Waals surface area contributed by atoms with Gasteiger partial charge in [-0.25, -0.2) is 14.8 Å². The van der Waals surface area contributed by atoms with E-state index in [9.17, 15) is 4.79 Å². The van der Waals surface area contributed by atoms with Gasteiger partial charge in [0.15, 0.2) is 0 Å². The molecule has 1 unspecified atom stereocenters. The van der Waals surface area contributed by atoms with Gasteiger partial charge in [0, 0.05) is 25.2 Å². The minimum absolute atomic E-state index is 0.163. The van der Waals surface area contributed by atoms with E-state index in [2.05, 4.69) is 32.0 Å². The highest BCUT2D eigenvalue weighted by atomic mass is 16.5. The highest BCUT2D eigenvalue weighted by molar-refractivity contribution is 5.94. The molecule has 0 aliphatic carbocycles. The number of ether oxygens (including phenoxy) is 1. The quantitative estimate of drug-likeness (QED) is 0.653. The Morgan fingerprint density at radius 3 is 2.79 bits per heavy atom. The first-order chi connectivity index (χ1) is 14.1. The van der Waals surface area contributed by atoms with Crippen LogP contribution in [-0.2, 0) is 4.74 Å². The number of H-pyrrole nitrogens is 1. The van der Waals surface area contributed by atoms with Crippen LogP contribution >= 0.6 is 0 Å². The topological polar surface area (TPSA) is 71.1 Å². The van der Waals surface area contributed by atoms with E-state index in [-0.39, 0.29) is 18.0 Å². The van der Waals surface area contributed by atoms with Crippen molar-refractivity contribution in [1.29, 1.82) is 0 Å². The number of anilines is 1. The van der Waals surface area contributed by atoms with Gasteiger partial charge in [-0.05, 0) is 44.4 Å². The number of nitrogens with zero attached hydrogens (tertiary/aromatic N) is 3. The van der Waals surface area contributed by atoms with Crippen LogP contribution in [-0.4, -0.2) is 40.1 Å². The largest absolute Gasteiger partial charge is 0.459 e. The fourth-order valence-electron chi connectivity index (χ4n) is 3.79. The Morgan fingerprint density at radius 2 is 2.00 bits per heavy atom. The summed E-state index contributed by atoms with van der Waals surface area (Å²) in [6.45, 7) is 5.33. The molecular formula is C23H26N4O2. The average Bonchev–Trinajstić information content (AvgIpc) is 3.24. The highest BCUT2D eigenvalue weighted by Crippen LogP contribution is 2.30. The number of rotatable bonds is 5. The van der Waals surface area contributed by atoms with Crippen molar-refractivity contribution in [3.8, 4) is 11.3 Å². The summed E-state index contributed by atoms with van der Waals surface area (Å²) in [4.78, 5) is 27.3. The van der Waals surface area contributed by atoms with Crippen LogP contribution in [0.1, 0.15) is 48.8 Å². The van der Waals surface area contributed by atoms with Crippen LogP contribution in [0, 0.1) is 0 Å². The highest BCUT2D eigenvalue weighted by Gasteiger charge is 2.27. The number of aromatic amines is 1. The molecule has 1 aromatic carbocycles. The number of piperidine rings is 1. The lowest BCUT2D eigenvalue weighted by molar-refractivity contribution is 0.0378. The first-order valence-corrected chi connectivity index (χ1v) is 10.1. The predicted molar refractivity (Wildman–Crippen MR) is 113 cm³/mol. The molecule has 150 valence electrons. The van der Waals surface area contributed by atoms with Gasteiger partial charge in [-0.1, -0.05) is 30.3 Å². The number of pyridine rings is 1. The summed E-state index contributed by atoms with van der Waals surface area (Å²) < 4.78 is 5.41. The first-order valence-electron chi connectivity index (χ1n) is 10.1. The van der Waals surface area contributed by atoms with Crippen molar-refractivity contribution in [3.63, 3.8) is 0 Å². The molecule has 0 saturated carbocycles. The molecular weight excluding hydrogens is 364 g/mol. The lowest BCUT2D eigenvalue weighted by Gasteiger charge is -2.33. The van der Waals surface area contributed by atoms with E-state index in [0.717, 1.165) is 43.0 Å². The molecule has 1 atom stereocenters. The van der Waals surface area contributed by atoms with Crippen molar-refractivity contribution in [1.82, 2.24) is 15.0 Å². The number of nitrogens with one attached hydrogen (secondary N) is 1. The molecule has 1 saturated heterocycles. The molecule has 1 fully saturated rings. The minimum Gasteiger partial charge on any atom is -0.459 e. The summed E-state index contributed by atoms with van der Waals surface area (Å²) in [6.07, 6.45) is 5.53. The van der Waals surface area contributed by atoms with Crippen molar-refractivity contribution in [2.45, 2.75) is 38.7 Å². The molecule has 0 spiro atoms. The lowest BCUT2D eigenvalue weighted by Crippen LogP contribution is -2.36. The van der Waals surface area contributed by atoms with Crippen molar-refractivity contribution in [3.05, 3.63) is 66.2 Å². The van der Waals surface area contributed by atoms with Gasteiger partial charge in [-0.3, -0.25) is 0 Å². The Balaban J connectivity index is 1.54. The Morgan fingerprint density at radius 1 is 1.17 bits per heavy atom. The number of carbonyl (C=O) groups is 1. The SMILES string of the molecule is CC(C)OC(=O)c1cccnc1N1CCCC(c2ncc(-c3ccccc3)[nH]2)C1. The van der Waals surface area contributed by atoms with E-state index >= 15 is 0 Å². The molecule has 6 heteroatoms. The van der Waals surface area contributed by atoms with Crippen LogP contribution in [0.4, 0.5) is 5.82 Å². The first kappa shape index (κ1) is 19.2. The molecule has 29 heavy (non-hydrogen) atoms. The Hall–Kier alpha value is -3.15. The van der Waals surface area contributed by atoms with Crippen LogP contribution in [0.25, 0.3) is 11.3 Å². The van der Waals surface area contributed by atoms with Crippen LogP contribution in [0.3, 0.4) is 0 Å². The smallest absolute Gasteiger partial charge is 0.342 e. The van der Waals surface area contributed by atoms with Gasteiger partial charge in [0.2, 0.25) is 0 Å². The minimum atomic E-state index is -0.324. The fraction of sp³-hybridized carbons (Fsp3) is 0.348. The van der Waals surface area contributed by atoms with E-state index in [1.165, 1.54) is 0 Å². The van der Waals surface area contributed by atoms with Crippen molar-refractivity contribution in [2.24, 2.45) is 0 Å². The Kier molecular flexibility index (Phi) is 5.60. The normalized spacial score (nSPS) is 16.8. The zero-order valence-electron chi connectivity index (χ0n) is 16.8. The third kappa shape index (κ3) is 4.31. The molecule has 2 aromatic heterocycles. The summed E-state index contributed by atoms with van der Waals surface area (Å²) in [5.74, 6) is 1.61. The molecule has 0 bridgehead atoms. The Labute approximate surface area is 171 Å². The van der Waals surface area contributed by atoms with E-state index in [0.29, 0.717) is 11.4 Å². The van der Waals surface area contributed by atoms with Gasteiger partial charge in [-0.15, -0.1) is 0 Å². The number of hydrogen-bond donors (Lipinski definition) is 1. The van der Waals surface area contributed by atoms with Crippen molar-refractivity contribution >= 4 is 11.8 Å². The summed E-state index contributed by atoms with van der Waals surface area (Å²) in [6, 6.07) is 13.8. The zero-order chi connectivity index (χ0) is 20.2. The summed E-state index contributed by atoms with van der Waals surface area (Å²) in [5, 5.41) is 0. The van der Waals surface area contributed by atoms with Crippen LogP contribution in [0.15, 0.2) is 54.9 Å². The zero-order valence-corrected chi connectivity index (χ0v) is 16.8. The number of benzene rings is 1. The number of imidazole rings is 1. The number of hydrogen-bond acceptors (Lipinski definition) is 5. The van der Waals surface area contributed by atoms with Crippen LogP contribution in [0.2, 0.25) is 0 Å². The van der Waals surface area contributed by atoms with Gasteiger partial charge in [0.1, 0.15) is 17.2 Å². The van der Waals surface area contributed by atoms with Gasteiger partial charge in [-0.2, -0.15) is 0 Å². The molecule has 1 aliphatic heterocycles. The third-order valence-electron chi connectivity index (χ3n) is 5.14.